The summed E-state index contributed by atoms with van der Waals surface area (Å²) in [5.74, 6) is -0.0427. The average Bonchev–Trinajstić information content (AvgIpc) is 3.43. The zero-order valence-electron chi connectivity index (χ0n) is 21.7. The molecular formula is C32H27ClN2OS2. The van der Waals surface area contributed by atoms with Gasteiger partial charge in [-0.05, 0) is 66.3 Å². The second kappa shape index (κ2) is 9.33. The Kier molecular flexibility index (Phi) is 6.21. The molecule has 0 saturated carbocycles. The largest absolute Gasteiger partial charge is 0.292 e. The van der Waals surface area contributed by atoms with Crippen LogP contribution in [0, 0.1) is 20.8 Å². The second-order valence-electron chi connectivity index (χ2n) is 9.80. The number of rotatable bonds is 4. The Labute approximate surface area is 237 Å². The van der Waals surface area contributed by atoms with E-state index in [9.17, 15) is 4.79 Å². The highest BCUT2D eigenvalue weighted by atomic mass is 35.5. The van der Waals surface area contributed by atoms with Gasteiger partial charge in [0.05, 0.1) is 10.4 Å². The van der Waals surface area contributed by atoms with Crippen LogP contribution in [-0.4, -0.2) is 10.8 Å². The number of hydrogen-bond donors (Lipinski definition) is 0. The van der Waals surface area contributed by atoms with Gasteiger partial charge < -0.3 is 0 Å². The topological polar surface area (TPSA) is 32.7 Å². The molecule has 2 aliphatic rings. The van der Waals surface area contributed by atoms with Crippen molar-refractivity contribution in [2.24, 2.45) is 5.10 Å². The minimum absolute atomic E-state index is 0.0427. The van der Waals surface area contributed by atoms with Gasteiger partial charge in [0.1, 0.15) is 0 Å². The number of aryl methyl sites for hydroxylation is 2. The lowest BCUT2D eigenvalue weighted by molar-refractivity contribution is -0.110. The highest BCUT2D eigenvalue weighted by Crippen LogP contribution is 2.71. The summed E-state index contributed by atoms with van der Waals surface area (Å²) in [5.41, 5.74) is 9.10. The van der Waals surface area contributed by atoms with E-state index in [0.29, 0.717) is 10.1 Å². The van der Waals surface area contributed by atoms with Gasteiger partial charge in [0.15, 0.2) is 15.0 Å². The number of Topliss-reactive ketones (excluding diaryl/α,β-unsaturated/α-hetero) is 1. The summed E-state index contributed by atoms with van der Waals surface area (Å²) < 4.78 is -1.23. The SMILES string of the molecule is CC(=O)C1=NN(c2cccc(Cl)c2C)[C@@]2(S1)SC(c1ccccc1C)(c1ccccc1C)c1ccccc12. The molecule has 3 nitrogen and oxygen atoms in total. The Balaban J connectivity index is 1.71. The average molecular weight is 555 g/mol. The van der Waals surface area contributed by atoms with Crippen LogP contribution in [0.2, 0.25) is 5.02 Å². The van der Waals surface area contributed by atoms with Gasteiger partial charge in [-0.25, -0.2) is 5.01 Å². The van der Waals surface area contributed by atoms with E-state index in [4.69, 9.17) is 16.7 Å². The molecule has 6 rings (SSSR count). The first-order valence-corrected chi connectivity index (χ1v) is 14.6. The number of nitrogens with zero attached hydrogens (tertiary/aromatic N) is 2. The summed E-state index contributed by atoms with van der Waals surface area (Å²) in [4.78, 5) is 12.8. The Bertz CT molecular complexity index is 1590. The van der Waals surface area contributed by atoms with Gasteiger partial charge in [0.25, 0.3) is 0 Å². The van der Waals surface area contributed by atoms with Crippen molar-refractivity contribution in [3.05, 3.63) is 135 Å². The molecule has 0 amide bonds. The summed E-state index contributed by atoms with van der Waals surface area (Å²) >= 11 is 10.0. The molecule has 190 valence electrons. The standard InChI is InChI=1S/C32H27ClN2OS2/c1-20-12-5-7-14-24(20)31(25-15-8-6-13-21(25)2)26-16-9-10-17-27(26)32(38-31)35(34-30(37-32)23(4)36)29-19-11-18-28(33)22(29)3/h5-19H,1-4H3/t32-/m0/s1. The van der Waals surface area contributed by atoms with Crippen molar-refractivity contribution in [2.75, 3.05) is 5.01 Å². The monoisotopic (exact) mass is 554 g/mol. The van der Waals surface area contributed by atoms with Crippen LogP contribution in [-0.2, 0) is 13.7 Å². The number of benzene rings is 4. The van der Waals surface area contributed by atoms with Crippen LogP contribution < -0.4 is 5.01 Å². The zero-order chi connectivity index (χ0) is 26.7. The predicted octanol–water partition coefficient (Wildman–Crippen LogP) is 8.57. The maximum atomic E-state index is 12.8. The first kappa shape index (κ1) is 25.3. The zero-order valence-corrected chi connectivity index (χ0v) is 24.0. The van der Waals surface area contributed by atoms with Crippen molar-refractivity contribution in [3.63, 3.8) is 0 Å². The Morgan fingerprint density at radius 2 is 1.32 bits per heavy atom. The smallest absolute Gasteiger partial charge is 0.187 e. The normalized spacial score (nSPS) is 19.5. The number of anilines is 1. The number of carbonyl (C=O) groups excluding carboxylic acids is 1. The molecule has 0 aromatic heterocycles. The van der Waals surface area contributed by atoms with Gasteiger partial charge in [-0.15, -0.1) is 0 Å². The van der Waals surface area contributed by atoms with Gasteiger partial charge in [-0.2, -0.15) is 5.10 Å². The van der Waals surface area contributed by atoms with Crippen LogP contribution in [0.4, 0.5) is 5.69 Å². The molecule has 0 unspecified atom stereocenters. The summed E-state index contributed by atoms with van der Waals surface area (Å²) in [6.45, 7) is 7.97. The van der Waals surface area contributed by atoms with E-state index in [1.165, 1.54) is 39.6 Å². The minimum atomic E-state index is -0.711. The van der Waals surface area contributed by atoms with Crippen molar-refractivity contribution < 1.29 is 4.79 Å². The quantitative estimate of drug-likeness (QED) is 0.253. The van der Waals surface area contributed by atoms with Gasteiger partial charge in [0, 0.05) is 17.5 Å². The number of ketones is 1. The number of hydrogen-bond acceptors (Lipinski definition) is 5. The van der Waals surface area contributed by atoms with Crippen LogP contribution in [0.3, 0.4) is 0 Å². The minimum Gasteiger partial charge on any atom is -0.292 e. The predicted molar refractivity (Wildman–Crippen MR) is 162 cm³/mol. The number of hydrazone groups is 1. The van der Waals surface area contributed by atoms with E-state index in [1.54, 1.807) is 6.92 Å². The lowest BCUT2D eigenvalue weighted by atomic mass is 9.79. The van der Waals surface area contributed by atoms with Gasteiger partial charge in [-0.1, -0.05) is 114 Å². The molecule has 0 N–H and O–H groups in total. The van der Waals surface area contributed by atoms with Crippen molar-refractivity contribution in [2.45, 2.75) is 36.6 Å². The number of thioether (sulfide) groups is 2. The first-order valence-electron chi connectivity index (χ1n) is 12.6. The molecule has 1 spiro atoms. The third-order valence-corrected chi connectivity index (χ3v) is 11.2. The van der Waals surface area contributed by atoms with Crippen LogP contribution in [0.25, 0.3) is 0 Å². The highest BCUT2D eigenvalue weighted by Gasteiger charge is 2.62. The fourth-order valence-electron chi connectivity index (χ4n) is 5.63. The van der Waals surface area contributed by atoms with Crippen molar-refractivity contribution in [1.82, 2.24) is 0 Å². The van der Waals surface area contributed by atoms with E-state index < -0.39 is 8.95 Å². The lowest BCUT2D eigenvalue weighted by Crippen LogP contribution is -2.34. The summed E-state index contributed by atoms with van der Waals surface area (Å²) in [6, 6.07) is 31.8. The van der Waals surface area contributed by atoms with Crippen molar-refractivity contribution in [1.29, 1.82) is 0 Å². The summed E-state index contributed by atoms with van der Waals surface area (Å²) in [7, 11) is 0. The maximum absolute atomic E-state index is 12.8. The fraction of sp³-hybridized carbons (Fsp3) is 0.188. The van der Waals surface area contributed by atoms with Crippen LogP contribution >= 0.6 is 35.1 Å². The van der Waals surface area contributed by atoms with E-state index in [2.05, 4.69) is 86.6 Å². The van der Waals surface area contributed by atoms with Gasteiger partial charge >= 0.3 is 0 Å². The summed E-state index contributed by atoms with van der Waals surface area (Å²) in [5, 5.41) is 8.19. The maximum Gasteiger partial charge on any atom is 0.187 e. The van der Waals surface area contributed by atoms with Gasteiger partial charge in [-0.3, -0.25) is 4.79 Å². The molecule has 6 heteroatoms. The Hall–Kier alpha value is -2.99. The molecule has 2 heterocycles. The van der Waals surface area contributed by atoms with E-state index >= 15 is 0 Å². The van der Waals surface area contributed by atoms with E-state index in [0.717, 1.165) is 16.8 Å². The number of carbonyl (C=O) groups is 1. The van der Waals surface area contributed by atoms with Crippen molar-refractivity contribution >= 4 is 51.6 Å². The number of halogens is 1. The Morgan fingerprint density at radius 1 is 0.763 bits per heavy atom. The number of fused-ring (bicyclic) bond motifs is 2. The van der Waals surface area contributed by atoms with E-state index in [1.807, 2.05) is 41.9 Å². The van der Waals surface area contributed by atoms with E-state index in [-0.39, 0.29) is 5.78 Å². The molecule has 4 aromatic carbocycles. The summed E-state index contributed by atoms with van der Waals surface area (Å²) in [6.07, 6.45) is 0. The second-order valence-corrected chi connectivity index (χ2v) is 13.1. The Morgan fingerprint density at radius 3 is 1.89 bits per heavy atom. The molecule has 0 fully saturated rings. The molecule has 38 heavy (non-hydrogen) atoms. The molecule has 0 aliphatic carbocycles. The van der Waals surface area contributed by atoms with Crippen LogP contribution in [0.15, 0.2) is 96.1 Å². The lowest BCUT2D eigenvalue weighted by Gasteiger charge is -2.38. The molecular weight excluding hydrogens is 528 g/mol. The van der Waals surface area contributed by atoms with Crippen LogP contribution in [0.1, 0.15) is 45.9 Å². The molecule has 0 saturated heterocycles. The van der Waals surface area contributed by atoms with Crippen LogP contribution in [0.5, 0.6) is 0 Å². The van der Waals surface area contributed by atoms with Gasteiger partial charge in [0.2, 0.25) is 0 Å². The van der Waals surface area contributed by atoms with Crippen molar-refractivity contribution in [3.8, 4) is 0 Å². The fourth-order valence-corrected chi connectivity index (χ4v) is 9.51. The molecule has 4 aromatic rings. The molecule has 0 radical (unpaired) electrons. The third-order valence-electron chi connectivity index (χ3n) is 7.46. The third kappa shape index (κ3) is 3.59. The highest BCUT2D eigenvalue weighted by molar-refractivity contribution is 8.27. The molecule has 0 bridgehead atoms. The molecule has 1 atom stereocenters. The first-order chi connectivity index (χ1) is 18.3. The molecule has 2 aliphatic heterocycles.